The Morgan fingerprint density at radius 2 is 1.84 bits per heavy atom. The number of nitro groups is 1. The average molecular weight is 437 g/mol. The maximum Gasteiger partial charge on any atom is 0.271 e. The van der Waals surface area contributed by atoms with E-state index in [1.807, 2.05) is 4.90 Å². The summed E-state index contributed by atoms with van der Waals surface area (Å²) in [5, 5.41) is 14.0. The third kappa shape index (κ3) is 5.01. The van der Waals surface area contributed by atoms with Gasteiger partial charge in [0.1, 0.15) is 17.3 Å². The second-order valence-corrected chi connectivity index (χ2v) is 7.09. The normalized spacial score (nSPS) is 14.0. The largest absolute Gasteiger partial charge is 0.457 e. The Hall–Kier alpha value is -3.98. The number of carbonyl (C=O) groups is 1. The number of nitro benzene ring substituents is 1. The van der Waals surface area contributed by atoms with Crippen LogP contribution >= 0.6 is 0 Å². The standard InChI is InChI=1S/C23H20FN3O5/c24-17-3-1-16(2-4-17)22-9-6-19(32-22)7-10-23(28)25-20-8-5-18(27(29)30)15-21(20)26-11-13-31-14-12-26/h1-10,15H,11-14H2,(H,25,28)/b10-7+. The molecule has 8 nitrogen and oxygen atoms in total. The molecule has 164 valence electrons. The summed E-state index contributed by atoms with van der Waals surface area (Å²) in [5.41, 5.74) is 1.71. The second kappa shape index (κ2) is 9.44. The molecule has 4 rings (SSSR count). The Morgan fingerprint density at radius 1 is 1.09 bits per heavy atom. The van der Waals surface area contributed by atoms with Gasteiger partial charge in [0.25, 0.3) is 5.69 Å². The maximum atomic E-state index is 13.1. The number of ether oxygens (including phenoxy) is 1. The van der Waals surface area contributed by atoms with Crippen molar-refractivity contribution in [3.8, 4) is 11.3 Å². The molecule has 1 saturated heterocycles. The zero-order valence-electron chi connectivity index (χ0n) is 17.0. The first-order valence-corrected chi connectivity index (χ1v) is 9.95. The van der Waals surface area contributed by atoms with Crippen LogP contribution in [0.3, 0.4) is 0 Å². The van der Waals surface area contributed by atoms with E-state index in [2.05, 4.69) is 5.32 Å². The molecule has 0 radical (unpaired) electrons. The molecule has 0 saturated carbocycles. The lowest BCUT2D eigenvalue weighted by molar-refractivity contribution is -0.384. The van der Waals surface area contributed by atoms with Crippen LogP contribution in [0.15, 0.2) is 65.1 Å². The van der Waals surface area contributed by atoms with Gasteiger partial charge in [0, 0.05) is 36.9 Å². The van der Waals surface area contributed by atoms with Crippen molar-refractivity contribution < 1.29 is 23.3 Å². The van der Waals surface area contributed by atoms with Crippen molar-refractivity contribution in [3.05, 3.63) is 82.4 Å². The van der Waals surface area contributed by atoms with E-state index in [0.29, 0.717) is 49.2 Å². The smallest absolute Gasteiger partial charge is 0.271 e. The van der Waals surface area contributed by atoms with E-state index in [4.69, 9.17) is 9.15 Å². The summed E-state index contributed by atoms with van der Waals surface area (Å²) in [6, 6.07) is 13.7. The molecular weight excluding hydrogens is 417 g/mol. The summed E-state index contributed by atoms with van der Waals surface area (Å²) in [7, 11) is 0. The lowest BCUT2D eigenvalue weighted by Gasteiger charge is -2.30. The second-order valence-electron chi connectivity index (χ2n) is 7.09. The molecule has 0 unspecified atom stereocenters. The number of carbonyl (C=O) groups excluding carboxylic acids is 1. The number of hydrogen-bond donors (Lipinski definition) is 1. The highest BCUT2D eigenvalue weighted by Crippen LogP contribution is 2.31. The van der Waals surface area contributed by atoms with Crippen LogP contribution in [0.2, 0.25) is 0 Å². The molecule has 0 spiro atoms. The topological polar surface area (TPSA) is 97.8 Å². The van der Waals surface area contributed by atoms with Crippen molar-refractivity contribution in [1.29, 1.82) is 0 Å². The molecule has 2 aromatic carbocycles. The number of nitrogens with one attached hydrogen (secondary N) is 1. The lowest BCUT2D eigenvalue weighted by Crippen LogP contribution is -2.36. The van der Waals surface area contributed by atoms with E-state index >= 15 is 0 Å². The van der Waals surface area contributed by atoms with E-state index < -0.39 is 10.8 Å². The quantitative estimate of drug-likeness (QED) is 0.347. The summed E-state index contributed by atoms with van der Waals surface area (Å²) in [4.78, 5) is 25.2. The summed E-state index contributed by atoms with van der Waals surface area (Å²) in [5.74, 6) is 0.263. The average Bonchev–Trinajstić information content (AvgIpc) is 3.28. The molecule has 1 N–H and O–H groups in total. The predicted molar refractivity (Wildman–Crippen MR) is 118 cm³/mol. The van der Waals surface area contributed by atoms with Crippen LogP contribution in [0.25, 0.3) is 17.4 Å². The molecule has 1 fully saturated rings. The summed E-state index contributed by atoms with van der Waals surface area (Å²) < 4.78 is 24.1. The van der Waals surface area contributed by atoms with E-state index in [0.717, 1.165) is 5.56 Å². The predicted octanol–water partition coefficient (Wildman–Crippen LogP) is 4.48. The fourth-order valence-electron chi connectivity index (χ4n) is 3.35. The number of amides is 1. The summed E-state index contributed by atoms with van der Waals surface area (Å²) >= 11 is 0. The zero-order chi connectivity index (χ0) is 22.5. The molecule has 2 heterocycles. The van der Waals surface area contributed by atoms with E-state index in [1.54, 1.807) is 24.3 Å². The monoisotopic (exact) mass is 437 g/mol. The lowest BCUT2D eigenvalue weighted by atomic mass is 10.2. The van der Waals surface area contributed by atoms with Gasteiger partial charge < -0.3 is 19.4 Å². The number of anilines is 2. The number of furan rings is 1. The van der Waals surface area contributed by atoms with Gasteiger partial charge in [0.05, 0.1) is 29.5 Å². The van der Waals surface area contributed by atoms with Gasteiger partial charge in [0.2, 0.25) is 5.91 Å². The van der Waals surface area contributed by atoms with Crippen LogP contribution < -0.4 is 10.2 Å². The molecule has 32 heavy (non-hydrogen) atoms. The third-order valence-electron chi connectivity index (χ3n) is 4.96. The van der Waals surface area contributed by atoms with Crippen molar-refractivity contribution in [2.24, 2.45) is 0 Å². The van der Waals surface area contributed by atoms with E-state index in [-0.39, 0.29) is 11.5 Å². The molecule has 3 aromatic rings. The number of halogens is 1. The molecule has 0 atom stereocenters. The molecule has 9 heteroatoms. The first-order valence-electron chi connectivity index (χ1n) is 9.95. The first-order chi connectivity index (χ1) is 15.5. The van der Waals surface area contributed by atoms with Crippen LogP contribution in [0.1, 0.15) is 5.76 Å². The van der Waals surface area contributed by atoms with Gasteiger partial charge in [-0.1, -0.05) is 0 Å². The van der Waals surface area contributed by atoms with Gasteiger partial charge in [-0.05, 0) is 48.5 Å². The Kier molecular flexibility index (Phi) is 6.27. The third-order valence-corrected chi connectivity index (χ3v) is 4.96. The SMILES string of the molecule is O=C(/C=C/c1ccc(-c2ccc(F)cc2)o1)Nc1ccc([N+](=O)[O-])cc1N1CCOCC1. The number of nitrogens with zero attached hydrogens (tertiary/aromatic N) is 2. The van der Waals surface area contributed by atoms with Gasteiger partial charge in [-0.25, -0.2) is 4.39 Å². The minimum absolute atomic E-state index is 0.0519. The van der Waals surface area contributed by atoms with Gasteiger partial charge in [-0.2, -0.15) is 0 Å². The summed E-state index contributed by atoms with van der Waals surface area (Å²) in [6.45, 7) is 2.15. The maximum absolute atomic E-state index is 13.1. The highest BCUT2D eigenvalue weighted by Gasteiger charge is 2.19. The van der Waals surface area contributed by atoms with E-state index in [1.165, 1.54) is 42.5 Å². The van der Waals surface area contributed by atoms with Crippen molar-refractivity contribution in [2.45, 2.75) is 0 Å². The fourth-order valence-corrected chi connectivity index (χ4v) is 3.35. The number of benzene rings is 2. The summed E-state index contributed by atoms with van der Waals surface area (Å²) in [6.07, 6.45) is 2.83. The molecule has 1 aromatic heterocycles. The minimum atomic E-state index is -0.467. The molecule has 1 aliphatic rings. The molecule has 0 aliphatic carbocycles. The first kappa shape index (κ1) is 21.3. The Bertz CT molecular complexity index is 1150. The minimum Gasteiger partial charge on any atom is -0.457 e. The highest BCUT2D eigenvalue weighted by atomic mass is 19.1. The Labute approximate surface area is 183 Å². The van der Waals surface area contributed by atoms with Crippen molar-refractivity contribution in [2.75, 3.05) is 36.5 Å². The van der Waals surface area contributed by atoms with Crippen LogP contribution in [-0.2, 0) is 9.53 Å². The number of hydrogen-bond acceptors (Lipinski definition) is 6. The van der Waals surface area contributed by atoms with Crippen molar-refractivity contribution in [3.63, 3.8) is 0 Å². The Balaban J connectivity index is 1.48. The molecule has 0 bridgehead atoms. The highest BCUT2D eigenvalue weighted by molar-refractivity contribution is 6.03. The Morgan fingerprint density at radius 3 is 2.56 bits per heavy atom. The van der Waals surface area contributed by atoms with Gasteiger partial charge >= 0.3 is 0 Å². The van der Waals surface area contributed by atoms with Gasteiger partial charge in [-0.15, -0.1) is 0 Å². The van der Waals surface area contributed by atoms with Crippen LogP contribution in [0.5, 0.6) is 0 Å². The van der Waals surface area contributed by atoms with Gasteiger partial charge in [0.15, 0.2) is 0 Å². The van der Waals surface area contributed by atoms with Crippen molar-refractivity contribution in [1.82, 2.24) is 0 Å². The molecule has 1 aliphatic heterocycles. The number of morpholine rings is 1. The van der Waals surface area contributed by atoms with Crippen LogP contribution in [-0.4, -0.2) is 37.1 Å². The van der Waals surface area contributed by atoms with Crippen LogP contribution in [0, 0.1) is 15.9 Å². The molecular formula is C23H20FN3O5. The van der Waals surface area contributed by atoms with Crippen LogP contribution in [0.4, 0.5) is 21.5 Å². The zero-order valence-corrected chi connectivity index (χ0v) is 17.0. The number of non-ortho nitro benzene ring substituents is 1. The number of rotatable bonds is 6. The fraction of sp³-hybridized carbons (Fsp3) is 0.174. The van der Waals surface area contributed by atoms with E-state index in [9.17, 15) is 19.3 Å². The molecule has 1 amide bonds. The van der Waals surface area contributed by atoms with Crippen molar-refractivity contribution >= 4 is 29.0 Å². The van der Waals surface area contributed by atoms with Gasteiger partial charge in [-0.3, -0.25) is 14.9 Å².